The van der Waals surface area contributed by atoms with Crippen molar-refractivity contribution in [3.05, 3.63) is 52.8 Å². The molecule has 3 aromatic rings. The fourth-order valence-electron chi connectivity index (χ4n) is 1.82. The van der Waals surface area contributed by atoms with Gasteiger partial charge in [-0.2, -0.15) is 0 Å². The Morgan fingerprint density at radius 2 is 1.89 bits per heavy atom. The summed E-state index contributed by atoms with van der Waals surface area (Å²) in [5.74, 6) is -1.24. The zero-order valence-corrected chi connectivity index (χ0v) is 10.3. The molecule has 0 fully saturated rings. The van der Waals surface area contributed by atoms with Gasteiger partial charge >= 0.3 is 0 Å². The Labute approximate surface area is 111 Å². The van der Waals surface area contributed by atoms with Crippen LogP contribution >= 0.6 is 11.6 Å². The van der Waals surface area contributed by atoms with Crippen molar-refractivity contribution in [2.75, 3.05) is 0 Å². The SMILES string of the molecule is Fc1cccc(F)c1Cn1nnc2c(Cl)nccc21. The van der Waals surface area contributed by atoms with E-state index in [9.17, 15) is 8.78 Å². The van der Waals surface area contributed by atoms with Crippen LogP contribution in [0.15, 0.2) is 30.5 Å². The molecule has 0 aliphatic heterocycles. The highest BCUT2D eigenvalue weighted by atomic mass is 35.5. The fraction of sp³-hybridized carbons (Fsp3) is 0.0833. The molecule has 0 N–H and O–H groups in total. The summed E-state index contributed by atoms with van der Waals surface area (Å²) in [5, 5.41) is 7.90. The summed E-state index contributed by atoms with van der Waals surface area (Å²) in [5.41, 5.74) is 0.908. The van der Waals surface area contributed by atoms with Gasteiger partial charge in [0.05, 0.1) is 12.1 Å². The van der Waals surface area contributed by atoms with Crippen LogP contribution in [0.3, 0.4) is 0 Å². The van der Waals surface area contributed by atoms with Crippen molar-refractivity contribution in [1.82, 2.24) is 20.0 Å². The van der Waals surface area contributed by atoms with Crippen LogP contribution in [0, 0.1) is 11.6 Å². The Kier molecular flexibility index (Phi) is 2.87. The van der Waals surface area contributed by atoms with Crippen molar-refractivity contribution in [2.45, 2.75) is 6.54 Å². The first-order valence-electron chi connectivity index (χ1n) is 5.43. The maximum absolute atomic E-state index is 13.6. The Balaban J connectivity index is 2.09. The first-order valence-corrected chi connectivity index (χ1v) is 5.81. The minimum absolute atomic E-state index is 0.0602. The van der Waals surface area contributed by atoms with Gasteiger partial charge in [0.1, 0.15) is 17.2 Å². The summed E-state index contributed by atoms with van der Waals surface area (Å²) in [6.07, 6.45) is 1.49. The van der Waals surface area contributed by atoms with Crippen LogP contribution < -0.4 is 0 Å². The summed E-state index contributed by atoms with van der Waals surface area (Å²) >= 11 is 5.86. The Morgan fingerprint density at radius 1 is 1.16 bits per heavy atom. The van der Waals surface area contributed by atoms with E-state index in [2.05, 4.69) is 15.3 Å². The van der Waals surface area contributed by atoms with Crippen LogP contribution in [-0.2, 0) is 6.54 Å². The molecule has 1 aromatic carbocycles. The van der Waals surface area contributed by atoms with E-state index < -0.39 is 11.6 Å². The molecule has 0 unspecified atom stereocenters. The molecule has 0 atom stereocenters. The largest absolute Gasteiger partial charge is 0.242 e. The minimum Gasteiger partial charge on any atom is -0.242 e. The molecule has 7 heteroatoms. The van der Waals surface area contributed by atoms with E-state index in [-0.39, 0.29) is 17.3 Å². The number of benzene rings is 1. The Hall–Kier alpha value is -2.08. The molecule has 0 spiro atoms. The average molecular weight is 281 g/mol. The van der Waals surface area contributed by atoms with Crippen LogP contribution in [-0.4, -0.2) is 20.0 Å². The van der Waals surface area contributed by atoms with Crippen molar-refractivity contribution in [1.29, 1.82) is 0 Å². The van der Waals surface area contributed by atoms with Crippen LogP contribution in [0.1, 0.15) is 5.56 Å². The molecule has 2 heterocycles. The van der Waals surface area contributed by atoms with E-state index in [1.807, 2.05) is 0 Å². The lowest BCUT2D eigenvalue weighted by Crippen LogP contribution is -2.06. The quantitative estimate of drug-likeness (QED) is 0.678. The van der Waals surface area contributed by atoms with Gasteiger partial charge in [-0.25, -0.2) is 18.4 Å². The second kappa shape index (κ2) is 4.55. The van der Waals surface area contributed by atoms with Crippen LogP contribution in [0.5, 0.6) is 0 Å². The van der Waals surface area contributed by atoms with E-state index >= 15 is 0 Å². The molecule has 19 heavy (non-hydrogen) atoms. The van der Waals surface area contributed by atoms with Gasteiger partial charge in [-0.05, 0) is 18.2 Å². The third-order valence-corrected chi connectivity index (χ3v) is 3.04. The van der Waals surface area contributed by atoms with E-state index in [0.29, 0.717) is 11.0 Å². The average Bonchev–Trinajstić information content (AvgIpc) is 2.79. The maximum atomic E-state index is 13.6. The molecule has 0 bridgehead atoms. The highest BCUT2D eigenvalue weighted by molar-refractivity contribution is 6.33. The smallest absolute Gasteiger partial charge is 0.158 e. The summed E-state index contributed by atoms with van der Waals surface area (Å²) in [7, 11) is 0. The maximum Gasteiger partial charge on any atom is 0.158 e. The molecule has 0 saturated carbocycles. The predicted molar refractivity (Wildman–Crippen MR) is 65.8 cm³/mol. The molecule has 2 aromatic heterocycles. The molecule has 0 radical (unpaired) electrons. The number of hydrogen-bond acceptors (Lipinski definition) is 3. The van der Waals surface area contributed by atoms with Crippen molar-refractivity contribution < 1.29 is 8.78 Å². The number of hydrogen-bond donors (Lipinski definition) is 0. The first kappa shape index (κ1) is 12.0. The number of pyridine rings is 1. The number of aromatic nitrogens is 4. The highest BCUT2D eigenvalue weighted by Crippen LogP contribution is 2.20. The number of nitrogens with zero attached hydrogens (tertiary/aromatic N) is 4. The molecule has 3 rings (SSSR count). The third kappa shape index (κ3) is 2.04. The standard InChI is InChI=1S/C12H7ClF2N4/c13-12-11-10(4-5-16-12)19(18-17-11)6-7-8(14)2-1-3-9(7)15/h1-5H,6H2. The Bertz CT molecular complexity index is 736. The zero-order chi connectivity index (χ0) is 13.4. The second-order valence-electron chi connectivity index (χ2n) is 3.92. The van der Waals surface area contributed by atoms with Gasteiger partial charge in [0, 0.05) is 11.8 Å². The zero-order valence-electron chi connectivity index (χ0n) is 9.52. The van der Waals surface area contributed by atoms with Crippen molar-refractivity contribution >= 4 is 22.6 Å². The minimum atomic E-state index is -0.621. The van der Waals surface area contributed by atoms with E-state index in [1.165, 1.54) is 29.1 Å². The number of fused-ring (bicyclic) bond motifs is 1. The van der Waals surface area contributed by atoms with Gasteiger partial charge in [-0.15, -0.1) is 5.10 Å². The van der Waals surface area contributed by atoms with Gasteiger partial charge in [0.25, 0.3) is 0 Å². The predicted octanol–water partition coefficient (Wildman–Crippen LogP) is 2.81. The molecule has 96 valence electrons. The first-order chi connectivity index (χ1) is 9.16. The lowest BCUT2D eigenvalue weighted by molar-refractivity contribution is 0.532. The Morgan fingerprint density at radius 3 is 2.63 bits per heavy atom. The summed E-state index contributed by atoms with van der Waals surface area (Å²) < 4.78 is 28.5. The molecular formula is C12H7ClF2N4. The van der Waals surface area contributed by atoms with Crippen LogP contribution in [0.2, 0.25) is 5.15 Å². The van der Waals surface area contributed by atoms with E-state index in [0.717, 1.165) is 0 Å². The van der Waals surface area contributed by atoms with Crippen LogP contribution in [0.4, 0.5) is 8.78 Å². The van der Waals surface area contributed by atoms with Crippen molar-refractivity contribution in [2.24, 2.45) is 0 Å². The van der Waals surface area contributed by atoms with E-state index in [1.54, 1.807) is 6.07 Å². The molecule has 4 nitrogen and oxygen atoms in total. The van der Waals surface area contributed by atoms with Gasteiger partial charge < -0.3 is 0 Å². The van der Waals surface area contributed by atoms with E-state index in [4.69, 9.17) is 11.6 Å². The monoisotopic (exact) mass is 280 g/mol. The van der Waals surface area contributed by atoms with Gasteiger partial charge in [-0.1, -0.05) is 22.9 Å². The summed E-state index contributed by atoms with van der Waals surface area (Å²) in [6, 6.07) is 5.35. The van der Waals surface area contributed by atoms with Crippen molar-refractivity contribution in [3.8, 4) is 0 Å². The fourth-order valence-corrected chi connectivity index (χ4v) is 2.01. The van der Waals surface area contributed by atoms with Crippen molar-refractivity contribution in [3.63, 3.8) is 0 Å². The lowest BCUT2D eigenvalue weighted by atomic mass is 10.2. The number of halogens is 3. The number of rotatable bonds is 2. The van der Waals surface area contributed by atoms with Gasteiger partial charge in [0.2, 0.25) is 0 Å². The summed E-state index contributed by atoms with van der Waals surface area (Å²) in [4.78, 5) is 3.86. The second-order valence-corrected chi connectivity index (χ2v) is 4.27. The van der Waals surface area contributed by atoms with Gasteiger partial charge in [0.15, 0.2) is 5.15 Å². The third-order valence-electron chi connectivity index (χ3n) is 2.76. The van der Waals surface area contributed by atoms with Gasteiger partial charge in [-0.3, -0.25) is 0 Å². The summed E-state index contributed by atoms with van der Waals surface area (Å²) in [6.45, 7) is -0.0602. The molecular weight excluding hydrogens is 274 g/mol. The molecule has 0 amide bonds. The molecule has 0 aliphatic rings. The highest BCUT2D eigenvalue weighted by Gasteiger charge is 2.13. The molecule has 0 saturated heterocycles. The normalized spacial score (nSPS) is 11.1. The molecule has 0 aliphatic carbocycles. The van der Waals surface area contributed by atoms with Crippen LogP contribution in [0.25, 0.3) is 11.0 Å². The topological polar surface area (TPSA) is 43.6 Å². The lowest BCUT2D eigenvalue weighted by Gasteiger charge is -2.05.